The molecule has 0 aliphatic heterocycles. The van der Waals surface area contributed by atoms with Crippen LogP contribution < -0.4 is 5.73 Å². The molecule has 1 amide bonds. The summed E-state index contributed by atoms with van der Waals surface area (Å²) >= 11 is 0. The molecule has 0 fully saturated rings. The fourth-order valence-electron chi connectivity index (χ4n) is 0.691. The van der Waals surface area contributed by atoms with E-state index in [9.17, 15) is 9.59 Å². The van der Waals surface area contributed by atoms with E-state index >= 15 is 0 Å². The lowest BCUT2D eigenvalue weighted by Gasteiger charge is -2.14. The molecule has 5 heteroatoms. The Bertz CT molecular complexity index is 237. The van der Waals surface area contributed by atoms with Crippen LogP contribution in [0.5, 0.6) is 0 Å². The molecule has 1 unspecified atom stereocenters. The maximum absolute atomic E-state index is 11.0. The highest BCUT2D eigenvalue weighted by molar-refractivity contribution is 5.86. The first-order valence-corrected chi connectivity index (χ1v) is 4.26. The third-order valence-corrected chi connectivity index (χ3v) is 1.49. The average Bonchev–Trinajstić information content (AvgIpc) is 2.10. The lowest BCUT2D eigenvalue weighted by atomic mass is 10.3. The molecule has 80 valence electrons. The topological polar surface area (TPSA) is 78.6 Å². The van der Waals surface area contributed by atoms with Crippen molar-refractivity contribution in [2.75, 3.05) is 6.61 Å². The predicted octanol–water partition coefficient (Wildman–Crippen LogP) is 0.980. The monoisotopic (exact) mass is 201 g/mol. The van der Waals surface area contributed by atoms with Crippen molar-refractivity contribution in [2.24, 2.45) is 5.73 Å². The van der Waals surface area contributed by atoms with Crippen LogP contribution in [0.4, 0.5) is 4.79 Å². The summed E-state index contributed by atoms with van der Waals surface area (Å²) in [5.74, 6) is -0.503. The van der Waals surface area contributed by atoms with E-state index in [4.69, 9.17) is 10.5 Å². The number of hydrogen-bond acceptors (Lipinski definition) is 4. The lowest BCUT2D eigenvalue weighted by molar-refractivity contribution is -0.141. The Morgan fingerprint density at radius 2 is 2.07 bits per heavy atom. The third kappa shape index (κ3) is 5.18. The largest absolute Gasteiger partial charge is 0.458 e. The summed E-state index contributed by atoms with van der Waals surface area (Å²) in [5, 5.41) is 0. The predicted molar refractivity (Wildman–Crippen MR) is 50.5 cm³/mol. The quantitative estimate of drug-likeness (QED) is 0.531. The van der Waals surface area contributed by atoms with Gasteiger partial charge in [0.15, 0.2) is 0 Å². The molecule has 0 saturated carbocycles. The molecule has 0 saturated heterocycles. The summed E-state index contributed by atoms with van der Waals surface area (Å²) < 4.78 is 9.45. The van der Waals surface area contributed by atoms with Crippen molar-refractivity contribution in [1.82, 2.24) is 0 Å². The van der Waals surface area contributed by atoms with E-state index in [1.165, 1.54) is 6.92 Å². The van der Waals surface area contributed by atoms with Crippen molar-refractivity contribution in [1.29, 1.82) is 0 Å². The van der Waals surface area contributed by atoms with Crippen LogP contribution in [0.3, 0.4) is 0 Å². The van der Waals surface area contributed by atoms with Gasteiger partial charge in [-0.05, 0) is 13.3 Å². The minimum atomic E-state index is -0.872. The van der Waals surface area contributed by atoms with Crippen LogP contribution in [0.2, 0.25) is 0 Å². The highest BCUT2D eigenvalue weighted by Crippen LogP contribution is 2.01. The molecule has 0 bridgehead atoms. The molecule has 0 aliphatic carbocycles. The van der Waals surface area contributed by atoms with Crippen LogP contribution in [0.15, 0.2) is 12.2 Å². The number of carbonyl (C=O) groups is 2. The summed E-state index contributed by atoms with van der Waals surface area (Å²) in [6.45, 7) is 6.75. The maximum atomic E-state index is 11.0. The van der Waals surface area contributed by atoms with Crippen molar-refractivity contribution in [3.05, 3.63) is 12.2 Å². The first-order chi connectivity index (χ1) is 6.47. The number of carbonyl (C=O) groups excluding carboxylic acids is 2. The normalized spacial score (nSPS) is 11.6. The van der Waals surface area contributed by atoms with Crippen molar-refractivity contribution in [3.63, 3.8) is 0 Å². The highest BCUT2D eigenvalue weighted by atomic mass is 16.6. The van der Waals surface area contributed by atoms with Gasteiger partial charge in [0.1, 0.15) is 12.7 Å². The second-order valence-corrected chi connectivity index (χ2v) is 2.85. The Labute approximate surface area is 82.9 Å². The van der Waals surface area contributed by atoms with Gasteiger partial charge in [-0.1, -0.05) is 13.5 Å². The highest BCUT2D eigenvalue weighted by Gasteiger charge is 2.13. The zero-order valence-corrected chi connectivity index (χ0v) is 8.41. The van der Waals surface area contributed by atoms with Gasteiger partial charge >= 0.3 is 12.1 Å². The summed E-state index contributed by atoms with van der Waals surface area (Å²) in [6, 6.07) is 0. The second kappa shape index (κ2) is 6.01. The molecule has 0 rings (SSSR count). The number of rotatable bonds is 5. The zero-order valence-electron chi connectivity index (χ0n) is 8.41. The van der Waals surface area contributed by atoms with E-state index in [0.717, 1.165) is 0 Å². The minimum absolute atomic E-state index is 0.00509. The Morgan fingerprint density at radius 3 is 2.43 bits per heavy atom. The molecule has 0 heterocycles. The lowest BCUT2D eigenvalue weighted by Crippen LogP contribution is -2.27. The van der Waals surface area contributed by atoms with Crippen molar-refractivity contribution < 1.29 is 19.1 Å². The summed E-state index contributed by atoms with van der Waals surface area (Å²) in [5.41, 5.74) is 5.12. The van der Waals surface area contributed by atoms with Crippen LogP contribution in [0.25, 0.3) is 0 Å². The van der Waals surface area contributed by atoms with Crippen LogP contribution in [0, 0.1) is 0 Å². The molecule has 2 N–H and O–H groups in total. The molecule has 0 aromatic rings. The number of primary amides is 1. The molecule has 0 spiro atoms. The van der Waals surface area contributed by atoms with Crippen LogP contribution >= 0.6 is 0 Å². The Hall–Kier alpha value is -1.52. The van der Waals surface area contributed by atoms with E-state index in [0.29, 0.717) is 12.0 Å². The molecule has 0 aromatic carbocycles. The second-order valence-electron chi connectivity index (χ2n) is 2.85. The zero-order chi connectivity index (χ0) is 11.1. The number of nitrogens with two attached hydrogens (primary N) is 1. The molecule has 0 aliphatic rings. The molecular formula is C9H15NO4. The van der Waals surface area contributed by atoms with Gasteiger partial charge in [0, 0.05) is 5.57 Å². The van der Waals surface area contributed by atoms with Gasteiger partial charge in [0.2, 0.25) is 0 Å². The number of amides is 1. The van der Waals surface area contributed by atoms with Crippen molar-refractivity contribution in [3.8, 4) is 0 Å². The molecule has 0 aromatic heterocycles. The number of esters is 1. The molecule has 14 heavy (non-hydrogen) atoms. The molecule has 0 radical (unpaired) electrons. The van der Waals surface area contributed by atoms with E-state index in [2.05, 4.69) is 11.3 Å². The Morgan fingerprint density at radius 1 is 1.50 bits per heavy atom. The van der Waals surface area contributed by atoms with E-state index < -0.39 is 18.2 Å². The molecular weight excluding hydrogens is 186 g/mol. The fourth-order valence-corrected chi connectivity index (χ4v) is 0.691. The maximum Gasteiger partial charge on any atom is 0.404 e. The SMILES string of the molecule is C=C(C)C(=O)OCC(CC)OC(N)=O. The van der Waals surface area contributed by atoms with Crippen molar-refractivity contribution >= 4 is 12.1 Å². The van der Waals surface area contributed by atoms with Crippen LogP contribution in [-0.2, 0) is 14.3 Å². The van der Waals surface area contributed by atoms with Gasteiger partial charge in [-0.15, -0.1) is 0 Å². The standard InChI is InChI=1S/C9H15NO4/c1-4-7(14-9(10)12)5-13-8(11)6(2)3/h7H,2,4-5H2,1,3H3,(H2,10,12). The number of ether oxygens (including phenoxy) is 2. The Kier molecular flexibility index (Phi) is 5.36. The molecule has 1 atom stereocenters. The fraction of sp³-hybridized carbons (Fsp3) is 0.556. The van der Waals surface area contributed by atoms with Gasteiger partial charge in [0.05, 0.1) is 0 Å². The smallest absolute Gasteiger partial charge is 0.404 e. The first-order valence-electron chi connectivity index (χ1n) is 4.26. The van der Waals surface area contributed by atoms with Gasteiger partial charge in [0.25, 0.3) is 0 Å². The summed E-state index contributed by atoms with van der Waals surface area (Å²) in [4.78, 5) is 21.3. The third-order valence-electron chi connectivity index (χ3n) is 1.49. The van der Waals surface area contributed by atoms with Gasteiger partial charge in [-0.2, -0.15) is 0 Å². The molecule has 5 nitrogen and oxygen atoms in total. The van der Waals surface area contributed by atoms with E-state index in [1.807, 2.05) is 0 Å². The van der Waals surface area contributed by atoms with E-state index in [-0.39, 0.29) is 6.61 Å². The first kappa shape index (κ1) is 12.5. The van der Waals surface area contributed by atoms with Gasteiger partial charge < -0.3 is 15.2 Å². The van der Waals surface area contributed by atoms with Crippen LogP contribution in [0.1, 0.15) is 20.3 Å². The van der Waals surface area contributed by atoms with Crippen LogP contribution in [-0.4, -0.2) is 24.8 Å². The minimum Gasteiger partial charge on any atom is -0.458 e. The van der Waals surface area contributed by atoms with Crippen molar-refractivity contribution in [2.45, 2.75) is 26.4 Å². The number of hydrogen-bond donors (Lipinski definition) is 1. The van der Waals surface area contributed by atoms with Gasteiger partial charge in [-0.25, -0.2) is 9.59 Å². The van der Waals surface area contributed by atoms with E-state index in [1.54, 1.807) is 6.92 Å². The van der Waals surface area contributed by atoms with Gasteiger partial charge in [-0.3, -0.25) is 0 Å². The summed E-state index contributed by atoms with van der Waals surface area (Å²) in [6.07, 6.45) is -0.828. The average molecular weight is 201 g/mol. The summed E-state index contributed by atoms with van der Waals surface area (Å²) in [7, 11) is 0. The Balaban J connectivity index is 3.89.